The Morgan fingerprint density at radius 3 is 2.84 bits per heavy atom. The van der Waals surface area contributed by atoms with Gasteiger partial charge in [-0.1, -0.05) is 13.3 Å². The number of amides is 2. The van der Waals surface area contributed by atoms with E-state index in [0.29, 0.717) is 30.1 Å². The predicted octanol–water partition coefficient (Wildman–Crippen LogP) is 1.64. The van der Waals surface area contributed by atoms with E-state index in [2.05, 4.69) is 17.2 Å². The number of primary amides is 1. The third-order valence-corrected chi connectivity index (χ3v) is 4.61. The van der Waals surface area contributed by atoms with Crippen molar-refractivity contribution in [1.82, 2.24) is 10.3 Å². The van der Waals surface area contributed by atoms with Gasteiger partial charge in [0.1, 0.15) is 18.1 Å². The van der Waals surface area contributed by atoms with E-state index >= 15 is 0 Å². The van der Waals surface area contributed by atoms with E-state index < -0.39 is 5.91 Å². The summed E-state index contributed by atoms with van der Waals surface area (Å²) < 4.78 is 11.2. The number of nitrogens with one attached hydrogen (secondary N) is 1. The lowest BCUT2D eigenvalue weighted by atomic mass is 9.98. The summed E-state index contributed by atoms with van der Waals surface area (Å²) in [5.74, 6) is 0.722. The highest BCUT2D eigenvalue weighted by molar-refractivity contribution is 6.01. The summed E-state index contributed by atoms with van der Waals surface area (Å²) in [4.78, 5) is 27.3. The quantitative estimate of drug-likeness (QED) is 0.830. The second kappa shape index (κ2) is 6.96. The molecule has 0 aliphatic carbocycles. The molecule has 2 aromatic rings. The topological polar surface area (TPSA) is 104 Å². The van der Waals surface area contributed by atoms with Gasteiger partial charge in [0.05, 0.1) is 24.9 Å². The van der Waals surface area contributed by atoms with Crippen molar-refractivity contribution in [2.75, 3.05) is 13.7 Å². The minimum Gasteiger partial charge on any atom is -0.496 e. The molecule has 0 unspecified atom stereocenters. The molecule has 1 saturated heterocycles. The number of pyridine rings is 1. The minimum absolute atomic E-state index is 0.0143. The van der Waals surface area contributed by atoms with E-state index in [1.165, 1.54) is 7.11 Å². The van der Waals surface area contributed by atoms with Crippen molar-refractivity contribution >= 4 is 22.6 Å². The Balaban J connectivity index is 1.89. The molecular weight excluding hydrogens is 322 g/mol. The smallest absolute Gasteiger partial charge is 0.252 e. The van der Waals surface area contributed by atoms with Crippen molar-refractivity contribution in [3.63, 3.8) is 0 Å². The van der Waals surface area contributed by atoms with Crippen molar-refractivity contribution in [3.05, 3.63) is 30.1 Å². The van der Waals surface area contributed by atoms with E-state index in [0.717, 1.165) is 17.2 Å². The lowest BCUT2D eigenvalue weighted by molar-refractivity contribution is -0.119. The number of benzene rings is 1. The first-order valence-electron chi connectivity index (χ1n) is 8.21. The SMILES string of the molecule is CC[C@@H]1CC(=O)N[C@@H]1COc1cncc2cc(C(N)=O)c(OC)cc12. The average Bonchev–Trinajstić information content (AvgIpc) is 2.98. The minimum atomic E-state index is -0.565. The Bertz CT molecular complexity index is 821. The normalized spacial score (nSPS) is 19.7. The molecule has 0 saturated carbocycles. The van der Waals surface area contributed by atoms with Crippen LogP contribution in [0.25, 0.3) is 10.8 Å². The molecule has 0 bridgehead atoms. The highest BCUT2D eigenvalue weighted by Crippen LogP contribution is 2.32. The largest absolute Gasteiger partial charge is 0.496 e. The average molecular weight is 343 g/mol. The first-order chi connectivity index (χ1) is 12.0. The zero-order valence-corrected chi connectivity index (χ0v) is 14.2. The van der Waals surface area contributed by atoms with Crippen LogP contribution in [0.5, 0.6) is 11.5 Å². The van der Waals surface area contributed by atoms with Crippen LogP contribution in [0.2, 0.25) is 0 Å². The highest BCUT2D eigenvalue weighted by atomic mass is 16.5. The number of carbonyl (C=O) groups is 2. The van der Waals surface area contributed by atoms with Gasteiger partial charge in [0.25, 0.3) is 5.91 Å². The molecule has 0 radical (unpaired) electrons. The second-order valence-electron chi connectivity index (χ2n) is 6.13. The van der Waals surface area contributed by atoms with Crippen molar-refractivity contribution in [1.29, 1.82) is 0 Å². The summed E-state index contributed by atoms with van der Waals surface area (Å²) in [6.07, 6.45) is 4.70. The van der Waals surface area contributed by atoms with E-state index in [-0.39, 0.29) is 17.9 Å². The van der Waals surface area contributed by atoms with Gasteiger partial charge in [0, 0.05) is 23.4 Å². The van der Waals surface area contributed by atoms with Crippen LogP contribution in [0.3, 0.4) is 0 Å². The van der Waals surface area contributed by atoms with E-state index in [1.54, 1.807) is 24.5 Å². The lowest BCUT2D eigenvalue weighted by Crippen LogP contribution is -2.34. The molecule has 1 aromatic heterocycles. The molecule has 2 atom stereocenters. The van der Waals surface area contributed by atoms with Gasteiger partial charge >= 0.3 is 0 Å². The van der Waals surface area contributed by atoms with Crippen LogP contribution in [0.4, 0.5) is 0 Å². The monoisotopic (exact) mass is 343 g/mol. The van der Waals surface area contributed by atoms with E-state index in [9.17, 15) is 9.59 Å². The molecule has 3 N–H and O–H groups in total. The van der Waals surface area contributed by atoms with Gasteiger partial charge in [-0.15, -0.1) is 0 Å². The molecular formula is C18H21N3O4. The van der Waals surface area contributed by atoms with Crippen LogP contribution in [-0.4, -0.2) is 36.6 Å². The summed E-state index contributed by atoms with van der Waals surface area (Å²) in [7, 11) is 1.48. The Labute approximate surface area is 145 Å². The van der Waals surface area contributed by atoms with E-state index in [1.807, 2.05) is 0 Å². The Morgan fingerprint density at radius 1 is 1.36 bits per heavy atom. The van der Waals surface area contributed by atoms with Crippen LogP contribution >= 0.6 is 0 Å². The number of nitrogens with zero attached hydrogens (tertiary/aromatic N) is 1. The van der Waals surface area contributed by atoms with Gasteiger partial charge in [-0.3, -0.25) is 14.6 Å². The Morgan fingerprint density at radius 2 is 2.16 bits per heavy atom. The number of hydrogen-bond acceptors (Lipinski definition) is 5. The first-order valence-corrected chi connectivity index (χ1v) is 8.21. The number of hydrogen-bond donors (Lipinski definition) is 2. The van der Waals surface area contributed by atoms with E-state index in [4.69, 9.17) is 15.2 Å². The summed E-state index contributed by atoms with van der Waals surface area (Å²) >= 11 is 0. The van der Waals surface area contributed by atoms with Crippen LogP contribution in [0.1, 0.15) is 30.1 Å². The number of carbonyl (C=O) groups excluding carboxylic acids is 2. The molecule has 0 spiro atoms. The Hall–Kier alpha value is -2.83. The lowest BCUT2D eigenvalue weighted by Gasteiger charge is -2.19. The van der Waals surface area contributed by atoms with Crippen molar-refractivity contribution in [3.8, 4) is 11.5 Å². The maximum atomic E-state index is 11.6. The van der Waals surface area contributed by atoms with Crippen molar-refractivity contribution < 1.29 is 19.1 Å². The zero-order valence-electron chi connectivity index (χ0n) is 14.2. The second-order valence-corrected chi connectivity index (χ2v) is 6.13. The van der Waals surface area contributed by atoms with Gasteiger partial charge < -0.3 is 20.5 Å². The fraction of sp³-hybridized carbons (Fsp3) is 0.389. The summed E-state index contributed by atoms with van der Waals surface area (Å²) in [6.45, 7) is 2.43. The standard InChI is InChI=1S/C18H21N3O4/c1-3-10-5-17(22)21-14(10)9-25-16-8-20-7-11-4-13(18(19)23)15(24-2)6-12(11)16/h4,6-8,10,14H,3,5,9H2,1-2H3,(H2,19,23)(H,21,22)/t10-,14-/m1/s1. The highest BCUT2D eigenvalue weighted by Gasteiger charge is 2.31. The predicted molar refractivity (Wildman–Crippen MR) is 92.6 cm³/mol. The van der Waals surface area contributed by atoms with Crippen LogP contribution in [0, 0.1) is 5.92 Å². The number of nitrogens with two attached hydrogens (primary N) is 1. The molecule has 1 aromatic carbocycles. The van der Waals surface area contributed by atoms with Crippen LogP contribution in [-0.2, 0) is 4.79 Å². The van der Waals surface area contributed by atoms with Gasteiger partial charge in [-0.2, -0.15) is 0 Å². The van der Waals surface area contributed by atoms with Crippen molar-refractivity contribution in [2.45, 2.75) is 25.8 Å². The number of rotatable bonds is 6. The molecule has 2 amide bonds. The maximum Gasteiger partial charge on any atom is 0.252 e. The molecule has 132 valence electrons. The molecule has 2 heterocycles. The molecule has 1 aliphatic rings. The fourth-order valence-corrected chi connectivity index (χ4v) is 3.20. The summed E-state index contributed by atoms with van der Waals surface area (Å²) in [5, 5.41) is 4.45. The molecule has 7 heteroatoms. The molecule has 3 rings (SSSR count). The molecule has 7 nitrogen and oxygen atoms in total. The van der Waals surface area contributed by atoms with Crippen LogP contribution < -0.4 is 20.5 Å². The summed E-state index contributed by atoms with van der Waals surface area (Å²) in [5.41, 5.74) is 5.69. The fourth-order valence-electron chi connectivity index (χ4n) is 3.20. The van der Waals surface area contributed by atoms with Crippen LogP contribution in [0.15, 0.2) is 24.5 Å². The summed E-state index contributed by atoms with van der Waals surface area (Å²) in [6, 6.07) is 3.35. The maximum absolute atomic E-state index is 11.6. The van der Waals surface area contributed by atoms with Gasteiger partial charge in [0.2, 0.25) is 5.91 Å². The molecule has 1 fully saturated rings. The first kappa shape index (κ1) is 17.0. The van der Waals surface area contributed by atoms with Gasteiger partial charge in [-0.25, -0.2) is 0 Å². The number of ether oxygens (including phenoxy) is 2. The third-order valence-electron chi connectivity index (χ3n) is 4.61. The number of aromatic nitrogens is 1. The van der Waals surface area contributed by atoms with Gasteiger partial charge in [-0.05, 0) is 18.1 Å². The van der Waals surface area contributed by atoms with Gasteiger partial charge in [0.15, 0.2) is 0 Å². The molecule has 1 aliphatic heterocycles. The number of methoxy groups -OCH3 is 1. The number of fused-ring (bicyclic) bond motifs is 1. The Kier molecular flexibility index (Phi) is 4.74. The van der Waals surface area contributed by atoms with Crippen molar-refractivity contribution in [2.24, 2.45) is 11.7 Å². The third kappa shape index (κ3) is 3.35. The zero-order chi connectivity index (χ0) is 18.0. The molecule has 25 heavy (non-hydrogen) atoms.